The first-order valence-electron chi connectivity index (χ1n) is 5.69. The van der Waals surface area contributed by atoms with Gasteiger partial charge in [0.05, 0.1) is 19.2 Å². The van der Waals surface area contributed by atoms with Crippen LogP contribution in [0.1, 0.15) is 27.7 Å². The average Bonchev–Trinajstić information content (AvgIpc) is 2.04. The monoisotopic (exact) mass is 269 g/mol. The van der Waals surface area contributed by atoms with Crippen LogP contribution in [0.5, 0.6) is 0 Å². The first-order valence-corrected chi connectivity index (χ1v) is 5.69. The number of halogens is 3. The second kappa shape index (κ2) is 4.95. The molecule has 1 amide bonds. The lowest BCUT2D eigenvalue weighted by Crippen LogP contribution is -2.57. The van der Waals surface area contributed by atoms with Crippen LogP contribution < -0.4 is 0 Å². The first-order chi connectivity index (χ1) is 7.99. The Balaban J connectivity index is 2.30. The highest BCUT2D eigenvalue weighted by Crippen LogP contribution is 2.26. The second-order valence-electron chi connectivity index (χ2n) is 5.33. The van der Waals surface area contributed by atoms with Gasteiger partial charge in [0.1, 0.15) is 5.60 Å². The van der Waals surface area contributed by atoms with Crippen LogP contribution in [0.25, 0.3) is 0 Å². The van der Waals surface area contributed by atoms with Gasteiger partial charge in [0.2, 0.25) is 0 Å². The summed E-state index contributed by atoms with van der Waals surface area (Å²) in [5, 5.41) is 0. The number of hydrogen-bond acceptors (Lipinski definition) is 3. The van der Waals surface area contributed by atoms with E-state index in [-0.39, 0.29) is 13.1 Å². The standard InChI is InChI=1S/C11H18F3NO3/c1-7(11(12,13)14)17-8-5-15(6-8)9(16)18-10(2,3)4/h7-8H,5-6H2,1-4H3. The molecular weight excluding hydrogens is 251 g/mol. The van der Waals surface area contributed by atoms with Crippen molar-refractivity contribution >= 4 is 6.09 Å². The molecule has 1 fully saturated rings. The van der Waals surface area contributed by atoms with Crippen LogP contribution in [0.2, 0.25) is 0 Å². The van der Waals surface area contributed by atoms with Crippen molar-refractivity contribution < 1.29 is 27.4 Å². The molecular formula is C11H18F3NO3. The topological polar surface area (TPSA) is 38.8 Å². The largest absolute Gasteiger partial charge is 0.444 e. The van der Waals surface area contributed by atoms with E-state index in [2.05, 4.69) is 0 Å². The first kappa shape index (κ1) is 15.1. The van der Waals surface area contributed by atoms with E-state index >= 15 is 0 Å². The number of ether oxygens (including phenoxy) is 2. The average molecular weight is 269 g/mol. The zero-order valence-corrected chi connectivity index (χ0v) is 10.9. The summed E-state index contributed by atoms with van der Waals surface area (Å²) in [5.41, 5.74) is -0.609. The van der Waals surface area contributed by atoms with E-state index in [9.17, 15) is 18.0 Å². The molecule has 0 radical (unpaired) electrons. The van der Waals surface area contributed by atoms with Crippen molar-refractivity contribution in [2.75, 3.05) is 13.1 Å². The highest BCUT2D eigenvalue weighted by Gasteiger charge is 2.42. The SMILES string of the molecule is CC(OC1CN(C(=O)OC(C)(C)C)C1)C(F)(F)F. The molecule has 1 aliphatic heterocycles. The normalized spacial score (nSPS) is 19.4. The molecule has 0 aromatic rings. The number of likely N-dealkylation sites (tertiary alicyclic amines) is 1. The lowest BCUT2D eigenvalue weighted by molar-refractivity contribution is -0.237. The van der Waals surface area contributed by atoms with Crippen molar-refractivity contribution in [3.05, 3.63) is 0 Å². The maximum atomic E-state index is 12.2. The van der Waals surface area contributed by atoms with Crippen LogP contribution in [-0.4, -0.2) is 48.1 Å². The van der Waals surface area contributed by atoms with Crippen LogP contribution in [0.4, 0.5) is 18.0 Å². The number of carbonyl (C=O) groups is 1. The molecule has 1 aliphatic rings. The van der Waals surface area contributed by atoms with E-state index in [1.807, 2.05) is 0 Å². The van der Waals surface area contributed by atoms with Crippen molar-refractivity contribution in [1.29, 1.82) is 0 Å². The van der Waals surface area contributed by atoms with Gasteiger partial charge in [0.15, 0.2) is 6.10 Å². The molecule has 0 aliphatic carbocycles. The molecule has 1 heterocycles. The maximum Gasteiger partial charge on any atom is 0.414 e. The summed E-state index contributed by atoms with van der Waals surface area (Å²) in [6.45, 7) is 6.40. The van der Waals surface area contributed by atoms with Gasteiger partial charge in [-0.15, -0.1) is 0 Å². The molecule has 0 aromatic heterocycles. The summed E-state index contributed by atoms with van der Waals surface area (Å²) in [4.78, 5) is 12.8. The van der Waals surface area contributed by atoms with Gasteiger partial charge < -0.3 is 14.4 Å². The summed E-state index contributed by atoms with van der Waals surface area (Å²) in [7, 11) is 0. The number of rotatable bonds is 2. The molecule has 1 unspecified atom stereocenters. The zero-order chi connectivity index (χ0) is 14.1. The minimum absolute atomic E-state index is 0.134. The molecule has 0 bridgehead atoms. The highest BCUT2D eigenvalue weighted by molar-refractivity contribution is 5.69. The summed E-state index contributed by atoms with van der Waals surface area (Å²) in [6, 6.07) is 0. The Labute approximate surface area is 104 Å². The number of alkyl halides is 3. The molecule has 106 valence electrons. The van der Waals surface area contributed by atoms with E-state index in [1.54, 1.807) is 20.8 Å². The fraction of sp³-hybridized carbons (Fsp3) is 0.909. The Morgan fingerprint density at radius 2 is 1.78 bits per heavy atom. The number of carbonyl (C=O) groups excluding carboxylic acids is 1. The molecule has 0 spiro atoms. The minimum Gasteiger partial charge on any atom is -0.444 e. The Bertz CT molecular complexity index is 306. The highest BCUT2D eigenvalue weighted by atomic mass is 19.4. The number of hydrogen-bond donors (Lipinski definition) is 0. The summed E-state index contributed by atoms with van der Waals surface area (Å²) in [5.74, 6) is 0. The van der Waals surface area contributed by atoms with Crippen molar-refractivity contribution in [2.24, 2.45) is 0 Å². The summed E-state index contributed by atoms with van der Waals surface area (Å²) >= 11 is 0. The quantitative estimate of drug-likeness (QED) is 0.773. The summed E-state index contributed by atoms with van der Waals surface area (Å²) in [6.07, 6.45) is -7.29. The third-order valence-corrected chi connectivity index (χ3v) is 2.36. The predicted molar refractivity (Wildman–Crippen MR) is 58.2 cm³/mol. The maximum absolute atomic E-state index is 12.2. The molecule has 18 heavy (non-hydrogen) atoms. The molecule has 0 saturated carbocycles. The number of nitrogens with zero attached hydrogens (tertiary/aromatic N) is 1. The van der Waals surface area contributed by atoms with Crippen molar-refractivity contribution in [1.82, 2.24) is 4.90 Å². The smallest absolute Gasteiger partial charge is 0.414 e. The van der Waals surface area contributed by atoms with Crippen molar-refractivity contribution in [3.8, 4) is 0 Å². The molecule has 1 rings (SSSR count). The number of amides is 1. The predicted octanol–water partition coefficient (Wildman–Crippen LogP) is 2.57. The van der Waals surface area contributed by atoms with E-state index in [1.165, 1.54) is 4.90 Å². The van der Waals surface area contributed by atoms with Crippen molar-refractivity contribution in [2.45, 2.75) is 51.7 Å². The Hall–Kier alpha value is -0.980. The lowest BCUT2D eigenvalue weighted by Gasteiger charge is -2.40. The third-order valence-electron chi connectivity index (χ3n) is 2.36. The van der Waals surface area contributed by atoms with E-state index < -0.39 is 30.1 Å². The third kappa shape index (κ3) is 4.36. The Morgan fingerprint density at radius 3 is 2.17 bits per heavy atom. The molecule has 0 N–H and O–H groups in total. The molecule has 7 heteroatoms. The van der Waals surface area contributed by atoms with E-state index in [0.717, 1.165) is 6.92 Å². The van der Waals surface area contributed by atoms with Crippen LogP contribution >= 0.6 is 0 Å². The van der Waals surface area contributed by atoms with Crippen molar-refractivity contribution in [3.63, 3.8) is 0 Å². The van der Waals surface area contributed by atoms with Crippen LogP contribution in [0.15, 0.2) is 0 Å². The molecule has 1 saturated heterocycles. The van der Waals surface area contributed by atoms with Gasteiger partial charge in [0.25, 0.3) is 0 Å². The van der Waals surface area contributed by atoms with Gasteiger partial charge in [-0.05, 0) is 27.7 Å². The molecule has 1 atom stereocenters. The Kier molecular flexibility index (Phi) is 4.15. The van der Waals surface area contributed by atoms with Crippen LogP contribution in [0, 0.1) is 0 Å². The second-order valence-corrected chi connectivity index (χ2v) is 5.33. The van der Waals surface area contributed by atoms with Gasteiger partial charge >= 0.3 is 12.3 Å². The molecule has 0 aromatic carbocycles. The molecule has 4 nitrogen and oxygen atoms in total. The van der Waals surface area contributed by atoms with E-state index in [0.29, 0.717) is 0 Å². The Morgan fingerprint density at radius 1 is 1.28 bits per heavy atom. The fourth-order valence-electron chi connectivity index (χ4n) is 1.37. The minimum atomic E-state index is -4.37. The van der Waals surface area contributed by atoms with Crippen LogP contribution in [-0.2, 0) is 9.47 Å². The zero-order valence-electron chi connectivity index (χ0n) is 10.9. The van der Waals surface area contributed by atoms with E-state index in [4.69, 9.17) is 9.47 Å². The van der Waals surface area contributed by atoms with Gasteiger partial charge in [0, 0.05) is 0 Å². The lowest BCUT2D eigenvalue weighted by atomic mass is 10.1. The van der Waals surface area contributed by atoms with Gasteiger partial charge in [-0.1, -0.05) is 0 Å². The van der Waals surface area contributed by atoms with Crippen LogP contribution in [0.3, 0.4) is 0 Å². The fourth-order valence-corrected chi connectivity index (χ4v) is 1.37. The van der Waals surface area contributed by atoms with Gasteiger partial charge in [-0.25, -0.2) is 4.79 Å². The van der Waals surface area contributed by atoms with Gasteiger partial charge in [-0.3, -0.25) is 0 Å². The summed E-state index contributed by atoms with van der Waals surface area (Å²) < 4.78 is 46.5. The van der Waals surface area contributed by atoms with Gasteiger partial charge in [-0.2, -0.15) is 13.2 Å².